The molecule has 4 fully saturated rings. The standard InChI is InChI=1S/C19H35BN2O4/c1-15(2,3)24-14(23)22-12-18(10-19(22,11-18)13-21(8)9)20-25-16(4,5)17(6,7)26-20/h10-13H2,1-9H3. The van der Waals surface area contributed by atoms with Crippen molar-refractivity contribution >= 4 is 13.2 Å². The number of fused-ring (bicyclic) bond motifs is 1. The third-order valence-electron chi connectivity index (χ3n) is 6.39. The first kappa shape index (κ1) is 20.0. The highest BCUT2D eigenvalue weighted by Crippen LogP contribution is 2.68. The molecule has 26 heavy (non-hydrogen) atoms. The minimum absolute atomic E-state index is 0.141. The number of carbonyl (C=O) groups excluding carboxylic acids is 1. The van der Waals surface area contributed by atoms with E-state index >= 15 is 0 Å². The predicted octanol–water partition coefficient (Wildman–Crippen LogP) is 3.16. The summed E-state index contributed by atoms with van der Waals surface area (Å²) in [6, 6.07) is 0. The molecule has 4 rings (SSSR count). The lowest BCUT2D eigenvalue weighted by molar-refractivity contribution is 0.000722. The van der Waals surface area contributed by atoms with Crippen LogP contribution >= 0.6 is 0 Å². The highest BCUT2D eigenvalue weighted by Gasteiger charge is 2.75. The number of hydrogen-bond donors (Lipinski definition) is 0. The van der Waals surface area contributed by atoms with E-state index < -0.39 is 5.60 Å². The lowest BCUT2D eigenvalue weighted by Gasteiger charge is -2.49. The summed E-state index contributed by atoms with van der Waals surface area (Å²) >= 11 is 0. The molecule has 0 atom stereocenters. The number of ether oxygens (including phenoxy) is 1. The van der Waals surface area contributed by atoms with Crippen molar-refractivity contribution in [1.82, 2.24) is 9.80 Å². The molecule has 0 aromatic heterocycles. The number of amides is 1. The Morgan fingerprint density at radius 3 is 2.04 bits per heavy atom. The molecule has 4 aliphatic rings. The van der Waals surface area contributed by atoms with Crippen LogP contribution in [-0.2, 0) is 14.0 Å². The SMILES string of the molecule is CN(C)CC12CC(B3OC(C)(C)C(C)(C)O3)(CN1C(=O)OC(C)(C)C)C2. The minimum Gasteiger partial charge on any atom is -0.444 e. The average molecular weight is 366 g/mol. The van der Waals surface area contributed by atoms with Crippen LogP contribution in [0.2, 0.25) is 5.31 Å². The number of nitrogens with zero attached hydrogens (tertiary/aromatic N) is 2. The van der Waals surface area contributed by atoms with Gasteiger partial charge in [-0.1, -0.05) is 0 Å². The molecule has 0 radical (unpaired) electrons. The molecule has 7 heteroatoms. The van der Waals surface area contributed by atoms with Crippen molar-refractivity contribution in [2.45, 2.75) is 89.0 Å². The molecule has 148 valence electrons. The number of rotatable bonds is 3. The monoisotopic (exact) mass is 366 g/mol. The molecule has 2 bridgehead atoms. The van der Waals surface area contributed by atoms with Gasteiger partial charge >= 0.3 is 13.2 Å². The van der Waals surface area contributed by atoms with E-state index in [9.17, 15) is 4.79 Å². The van der Waals surface area contributed by atoms with Crippen molar-refractivity contribution in [1.29, 1.82) is 0 Å². The fourth-order valence-corrected chi connectivity index (χ4v) is 4.74. The van der Waals surface area contributed by atoms with Gasteiger partial charge in [0, 0.05) is 18.4 Å². The maximum atomic E-state index is 12.9. The Morgan fingerprint density at radius 2 is 1.62 bits per heavy atom. The Morgan fingerprint density at radius 1 is 1.12 bits per heavy atom. The van der Waals surface area contributed by atoms with E-state index in [1.165, 1.54) is 0 Å². The van der Waals surface area contributed by atoms with Crippen molar-refractivity contribution < 1.29 is 18.8 Å². The Bertz CT molecular complexity index is 575. The second kappa shape index (κ2) is 5.61. The quantitative estimate of drug-likeness (QED) is 0.718. The van der Waals surface area contributed by atoms with Crippen LogP contribution in [0, 0.1) is 0 Å². The summed E-state index contributed by atoms with van der Waals surface area (Å²) in [5, 5.41) is -0.141. The summed E-state index contributed by atoms with van der Waals surface area (Å²) in [6.07, 6.45) is 1.57. The van der Waals surface area contributed by atoms with Crippen LogP contribution in [-0.4, -0.2) is 72.5 Å². The van der Waals surface area contributed by atoms with Crippen molar-refractivity contribution in [3.8, 4) is 0 Å². The highest BCUT2D eigenvalue weighted by molar-refractivity contribution is 6.50. The lowest BCUT2D eigenvalue weighted by atomic mass is 9.44. The van der Waals surface area contributed by atoms with Gasteiger partial charge in [-0.25, -0.2) is 4.79 Å². The van der Waals surface area contributed by atoms with Crippen molar-refractivity contribution in [2.75, 3.05) is 27.2 Å². The first-order valence-electron chi connectivity index (χ1n) is 9.63. The Labute approximate surface area is 158 Å². The van der Waals surface area contributed by atoms with Crippen LogP contribution in [0.4, 0.5) is 4.79 Å². The normalized spacial score (nSPS) is 35.0. The van der Waals surface area contributed by atoms with Gasteiger partial charge in [0.1, 0.15) is 5.60 Å². The van der Waals surface area contributed by atoms with Crippen LogP contribution in [0.5, 0.6) is 0 Å². The van der Waals surface area contributed by atoms with E-state index in [0.717, 1.165) is 19.4 Å². The van der Waals surface area contributed by atoms with E-state index in [-0.39, 0.29) is 35.3 Å². The fraction of sp³-hybridized carbons (Fsp3) is 0.947. The summed E-state index contributed by atoms with van der Waals surface area (Å²) in [5.74, 6) is 0. The molecule has 1 aliphatic carbocycles. The zero-order valence-electron chi connectivity index (χ0n) is 17.9. The van der Waals surface area contributed by atoms with Gasteiger partial charge < -0.3 is 23.8 Å². The summed E-state index contributed by atoms with van der Waals surface area (Å²) in [7, 11) is 3.82. The molecule has 3 aliphatic heterocycles. The molecule has 1 amide bonds. The minimum atomic E-state index is -0.499. The second-order valence-corrected chi connectivity index (χ2v) is 10.8. The van der Waals surface area contributed by atoms with Crippen molar-refractivity contribution in [3.05, 3.63) is 0 Å². The van der Waals surface area contributed by atoms with Crippen LogP contribution in [0.3, 0.4) is 0 Å². The van der Waals surface area contributed by atoms with E-state index in [0.29, 0.717) is 6.54 Å². The van der Waals surface area contributed by atoms with Gasteiger partial charge in [-0.2, -0.15) is 0 Å². The first-order chi connectivity index (χ1) is 11.6. The maximum absolute atomic E-state index is 12.9. The number of hydrogen-bond acceptors (Lipinski definition) is 5. The van der Waals surface area contributed by atoms with Crippen LogP contribution in [0.25, 0.3) is 0 Å². The number of carbonyl (C=O) groups is 1. The third-order valence-corrected chi connectivity index (χ3v) is 6.39. The summed E-state index contributed by atoms with van der Waals surface area (Å²) in [6.45, 7) is 15.5. The smallest absolute Gasteiger partial charge is 0.444 e. The molecule has 1 saturated carbocycles. The van der Waals surface area contributed by atoms with E-state index in [1.54, 1.807) is 0 Å². The largest absolute Gasteiger partial charge is 0.466 e. The van der Waals surface area contributed by atoms with Gasteiger partial charge in [-0.15, -0.1) is 0 Å². The van der Waals surface area contributed by atoms with Gasteiger partial charge in [-0.05, 0) is 75.4 Å². The molecule has 0 unspecified atom stereocenters. The molecule has 3 heterocycles. The Hall–Kier alpha value is -0.785. The predicted molar refractivity (Wildman–Crippen MR) is 102 cm³/mol. The van der Waals surface area contributed by atoms with Crippen LogP contribution in [0.15, 0.2) is 0 Å². The highest BCUT2D eigenvalue weighted by atomic mass is 16.7. The van der Waals surface area contributed by atoms with Gasteiger partial charge in [0.05, 0.1) is 16.7 Å². The summed E-state index contributed by atoms with van der Waals surface area (Å²) < 4.78 is 18.4. The van der Waals surface area contributed by atoms with E-state index in [1.807, 2.05) is 25.7 Å². The van der Waals surface area contributed by atoms with Crippen molar-refractivity contribution in [3.63, 3.8) is 0 Å². The Balaban J connectivity index is 1.82. The molecular weight excluding hydrogens is 331 g/mol. The Kier molecular flexibility index (Phi) is 4.31. The third kappa shape index (κ3) is 3.06. The molecule has 3 saturated heterocycles. The lowest BCUT2D eigenvalue weighted by Crippen LogP contribution is -2.58. The zero-order valence-corrected chi connectivity index (χ0v) is 17.9. The number of likely N-dealkylation sites (N-methyl/N-ethyl adjacent to an activating group) is 1. The average Bonchev–Trinajstić information content (AvgIpc) is 2.91. The summed E-state index contributed by atoms with van der Waals surface area (Å²) in [4.78, 5) is 17.0. The topological polar surface area (TPSA) is 51.2 Å². The van der Waals surface area contributed by atoms with Gasteiger partial charge in [0.25, 0.3) is 0 Å². The molecule has 0 aromatic rings. The van der Waals surface area contributed by atoms with Crippen molar-refractivity contribution in [2.24, 2.45) is 0 Å². The summed E-state index contributed by atoms with van der Waals surface area (Å²) in [5.41, 5.74) is -1.40. The molecular formula is C19H35BN2O4. The maximum Gasteiger partial charge on any atom is 0.466 e. The van der Waals surface area contributed by atoms with Gasteiger partial charge in [0.2, 0.25) is 0 Å². The second-order valence-electron chi connectivity index (χ2n) is 10.8. The van der Waals surface area contributed by atoms with Gasteiger partial charge in [0.15, 0.2) is 0 Å². The molecule has 0 aromatic carbocycles. The molecule has 0 spiro atoms. The van der Waals surface area contributed by atoms with E-state index in [4.69, 9.17) is 14.0 Å². The fourth-order valence-electron chi connectivity index (χ4n) is 4.74. The first-order valence-corrected chi connectivity index (χ1v) is 9.63. The van der Waals surface area contributed by atoms with Gasteiger partial charge in [-0.3, -0.25) is 0 Å². The van der Waals surface area contributed by atoms with E-state index in [2.05, 4.69) is 46.7 Å². The van der Waals surface area contributed by atoms with Crippen LogP contribution in [0.1, 0.15) is 61.3 Å². The van der Waals surface area contributed by atoms with Crippen LogP contribution < -0.4 is 0 Å². The zero-order chi connectivity index (χ0) is 19.8. The molecule has 6 nitrogen and oxygen atoms in total. The molecule has 0 N–H and O–H groups in total.